The SMILES string of the molecule is N#Cc1ccc(NC(=O)CCNCCc2c[nH]c3ccccc23)cc1. The Bertz CT molecular complexity index is 890. The van der Waals surface area contributed by atoms with Crippen molar-refractivity contribution in [3.05, 3.63) is 65.9 Å². The number of amides is 1. The number of nitriles is 1. The number of nitrogens with zero attached hydrogens (tertiary/aromatic N) is 1. The van der Waals surface area contributed by atoms with Crippen molar-refractivity contribution in [1.29, 1.82) is 5.26 Å². The van der Waals surface area contributed by atoms with E-state index < -0.39 is 0 Å². The zero-order valence-electron chi connectivity index (χ0n) is 13.9. The number of carbonyl (C=O) groups excluding carboxylic acids is 1. The van der Waals surface area contributed by atoms with E-state index >= 15 is 0 Å². The number of anilines is 1. The van der Waals surface area contributed by atoms with Gasteiger partial charge in [-0.05, 0) is 48.9 Å². The molecule has 3 N–H and O–H groups in total. The van der Waals surface area contributed by atoms with Gasteiger partial charge < -0.3 is 15.6 Å². The van der Waals surface area contributed by atoms with Gasteiger partial charge in [0.1, 0.15) is 0 Å². The van der Waals surface area contributed by atoms with Gasteiger partial charge in [0.05, 0.1) is 11.6 Å². The minimum Gasteiger partial charge on any atom is -0.361 e. The van der Waals surface area contributed by atoms with Gasteiger partial charge in [-0.2, -0.15) is 5.26 Å². The largest absolute Gasteiger partial charge is 0.361 e. The molecule has 0 aliphatic carbocycles. The van der Waals surface area contributed by atoms with Gasteiger partial charge in [0.15, 0.2) is 0 Å². The van der Waals surface area contributed by atoms with Crippen LogP contribution in [0.3, 0.4) is 0 Å². The second kappa shape index (κ2) is 8.13. The van der Waals surface area contributed by atoms with E-state index in [2.05, 4.69) is 33.8 Å². The number of nitrogens with one attached hydrogen (secondary N) is 3. The van der Waals surface area contributed by atoms with Crippen LogP contribution in [0.15, 0.2) is 54.7 Å². The van der Waals surface area contributed by atoms with Gasteiger partial charge in [0.2, 0.25) is 5.91 Å². The predicted octanol–water partition coefficient (Wildman–Crippen LogP) is 3.20. The van der Waals surface area contributed by atoms with Crippen LogP contribution in [0.5, 0.6) is 0 Å². The highest BCUT2D eigenvalue weighted by atomic mass is 16.1. The second-order valence-electron chi connectivity index (χ2n) is 5.85. The summed E-state index contributed by atoms with van der Waals surface area (Å²) in [5.41, 5.74) is 3.73. The predicted molar refractivity (Wildman–Crippen MR) is 99.3 cm³/mol. The Balaban J connectivity index is 1.38. The van der Waals surface area contributed by atoms with Crippen LogP contribution >= 0.6 is 0 Å². The molecule has 0 aliphatic heterocycles. The number of fused-ring (bicyclic) bond motifs is 1. The molecule has 5 heteroatoms. The molecule has 0 saturated heterocycles. The Labute approximate surface area is 146 Å². The highest BCUT2D eigenvalue weighted by Crippen LogP contribution is 2.17. The monoisotopic (exact) mass is 332 g/mol. The quantitative estimate of drug-likeness (QED) is 0.581. The molecular weight excluding hydrogens is 312 g/mol. The van der Waals surface area contributed by atoms with E-state index in [1.54, 1.807) is 24.3 Å². The summed E-state index contributed by atoms with van der Waals surface area (Å²) in [5.74, 6) is -0.0377. The van der Waals surface area contributed by atoms with Gasteiger partial charge in [-0.1, -0.05) is 18.2 Å². The highest BCUT2D eigenvalue weighted by molar-refractivity contribution is 5.90. The van der Waals surface area contributed by atoms with E-state index in [0.717, 1.165) is 18.5 Å². The summed E-state index contributed by atoms with van der Waals surface area (Å²) in [6.45, 7) is 1.45. The average molecular weight is 332 g/mol. The first-order chi connectivity index (χ1) is 12.3. The Kier molecular flexibility index (Phi) is 5.45. The standard InChI is InChI=1S/C20H20N4O/c21-13-15-5-7-17(8-6-15)24-20(25)10-12-22-11-9-16-14-23-19-4-2-1-3-18(16)19/h1-8,14,22-23H,9-12H2,(H,24,25). The molecule has 0 bridgehead atoms. The molecule has 2 aromatic carbocycles. The number of hydrogen-bond donors (Lipinski definition) is 3. The molecule has 3 aromatic rings. The average Bonchev–Trinajstić information content (AvgIpc) is 3.05. The Hall–Kier alpha value is -3.10. The molecule has 0 saturated carbocycles. The van der Waals surface area contributed by atoms with E-state index in [0.29, 0.717) is 24.2 Å². The molecule has 1 heterocycles. The molecule has 25 heavy (non-hydrogen) atoms. The van der Waals surface area contributed by atoms with Crippen molar-refractivity contribution in [3.63, 3.8) is 0 Å². The molecule has 0 aliphatic rings. The van der Waals surface area contributed by atoms with Crippen LogP contribution in [0.4, 0.5) is 5.69 Å². The van der Waals surface area contributed by atoms with Crippen molar-refractivity contribution < 1.29 is 4.79 Å². The minimum atomic E-state index is -0.0377. The number of aromatic nitrogens is 1. The lowest BCUT2D eigenvalue weighted by Gasteiger charge is -2.06. The van der Waals surface area contributed by atoms with Crippen LogP contribution in [0.25, 0.3) is 10.9 Å². The first kappa shape index (κ1) is 16.7. The fourth-order valence-corrected chi connectivity index (χ4v) is 2.74. The lowest BCUT2D eigenvalue weighted by atomic mass is 10.1. The Morgan fingerprint density at radius 3 is 2.68 bits per heavy atom. The molecular formula is C20H20N4O. The van der Waals surface area contributed by atoms with Crippen molar-refractivity contribution in [2.75, 3.05) is 18.4 Å². The fourth-order valence-electron chi connectivity index (χ4n) is 2.74. The van der Waals surface area contributed by atoms with E-state index in [9.17, 15) is 4.79 Å². The number of H-pyrrole nitrogens is 1. The molecule has 1 amide bonds. The van der Waals surface area contributed by atoms with Gasteiger partial charge >= 0.3 is 0 Å². The third-order valence-electron chi connectivity index (χ3n) is 4.07. The Morgan fingerprint density at radius 2 is 1.88 bits per heavy atom. The maximum atomic E-state index is 11.9. The minimum absolute atomic E-state index is 0.0377. The van der Waals surface area contributed by atoms with Crippen molar-refractivity contribution in [1.82, 2.24) is 10.3 Å². The molecule has 5 nitrogen and oxygen atoms in total. The first-order valence-electron chi connectivity index (χ1n) is 8.32. The second-order valence-corrected chi connectivity index (χ2v) is 5.85. The molecule has 0 fully saturated rings. The van der Waals surface area contributed by atoms with Gasteiger partial charge in [0.25, 0.3) is 0 Å². The fraction of sp³-hybridized carbons (Fsp3) is 0.200. The topological polar surface area (TPSA) is 80.7 Å². The number of hydrogen-bond acceptors (Lipinski definition) is 3. The lowest BCUT2D eigenvalue weighted by molar-refractivity contribution is -0.116. The number of para-hydroxylation sites is 1. The summed E-state index contributed by atoms with van der Waals surface area (Å²) in [6, 6.07) is 17.2. The van der Waals surface area contributed by atoms with Gasteiger partial charge in [-0.3, -0.25) is 4.79 Å². The first-order valence-corrected chi connectivity index (χ1v) is 8.32. The van der Waals surface area contributed by atoms with Crippen molar-refractivity contribution in [3.8, 4) is 6.07 Å². The van der Waals surface area contributed by atoms with Crippen LogP contribution in [0.2, 0.25) is 0 Å². The summed E-state index contributed by atoms with van der Waals surface area (Å²) in [7, 11) is 0. The van der Waals surface area contributed by atoms with E-state index in [4.69, 9.17) is 5.26 Å². The molecule has 0 unspecified atom stereocenters. The molecule has 1 aromatic heterocycles. The van der Waals surface area contributed by atoms with Crippen LogP contribution in [0, 0.1) is 11.3 Å². The summed E-state index contributed by atoms with van der Waals surface area (Å²) in [4.78, 5) is 15.2. The summed E-state index contributed by atoms with van der Waals surface area (Å²) in [5, 5.41) is 16.1. The third-order valence-corrected chi connectivity index (χ3v) is 4.07. The summed E-state index contributed by atoms with van der Waals surface area (Å²) >= 11 is 0. The lowest BCUT2D eigenvalue weighted by Crippen LogP contribution is -2.23. The van der Waals surface area contributed by atoms with E-state index in [1.807, 2.05) is 18.3 Å². The normalized spacial score (nSPS) is 10.5. The molecule has 0 spiro atoms. The smallest absolute Gasteiger partial charge is 0.225 e. The van der Waals surface area contributed by atoms with Crippen molar-refractivity contribution in [2.24, 2.45) is 0 Å². The zero-order valence-corrected chi connectivity index (χ0v) is 13.9. The van der Waals surface area contributed by atoms with Gasteiger partial charge in [0, 0.05) is 35.8 Å². The zero-order chi connectivity index (χ0) is 17.5. The van der Waals surface area contributed by atoms with Crippen LogP contribution in [0.1, 0.15) is 17.5 Å². The van der Waals surface area contributed by atoms with Crippen molar-refractivity contribution in [2.45, 2.75) is 12.8 Å². The van der Waals surface area contributed by atoms with Crippen molar-refractivity contribution >= 4 is 22.5 Å². The number of benzene rings is 2. The van der Waals surface area contributed by atoms with E-state index in [1.165, 1.54) is 10.9 Å². The van der Waals surface area contributed by atoms with Crippen LogP contribution in [-0.2, 0) is 11.2 Å². The summed E-state index contributed by atoms with van der Waals surface area (Å²) in [6.07, 6.45) is 3.37. The van der Waals surface area contributed by atoms with Gasteiger partial charge in [-0.25, -0.2) is 0 Å². The highest BCUT2D eigenvalue weighted by Gasteiger charge is 2.04. The number of aromatic amines is 1. The number of carbonyl (C=O) groups is 1. The molecule has 3 rings (SSSR count). The number of rotatable bonds is 7. The van der Waals surface area contributed by atoms with Crippen LogP contribution < -0.4 is 10.6 Å². The summed E-state index contributed by atoms with van der Waals surface area (Å²) < 4.78 is 0. The maximum absolute atomic E-state index is 11.9. The van der Waals surface area contributed by atoms with E-state index in [-0.39, 0.29) is 5.91 Å². The van der Waals surface area contributed by atoms with Crippen LogP contribution in [-0.4, -0.2) is 24.0 Å². The maximum Gasteiger partial charge on any atom is 0.225 e. The molecule has 126 valence electrons. The Morgan fingerprint density at radius 1 is 1.08 bits per heavy atom. The third kappa shape index (κ3) is 4.46. The molecule has 0 atom stereocenters. The molecule has 0 radical (unpaired) electrons. The van der Waals surface area contributed by atoms with Gasteiger partial charge in [-0.15, -0.1) is 0 Å².